The summed E-state index contributed by atoms with van der Waals surface area (Å²) in [5, 5.41) is 14.5. The van der Waals surface area contributed by atoms with E-state index in [1.165, 1.54) is 6.07 Å². The molecule has 0 aliphatic heterocycles. The number of urea groups is 1. The Hall–Kier alpha value is -2.42. The minimum absolute atomic E-state index is 0.0115. The molecule has 1 aromatic carbocycles. The minimum Gasteiger partial charge on any atom is -0.480 e. The monoisotopic (exact) mass is 397 g/mol. The lowest BCUT2D eigenvalue weighted by Gasteiger charge is -2.42. The molecule has 2 amide bonds. The number of anilines is 1. The summed E-state index contributed by atoms with van der Waals surface area (Å²) in [5.74, 6) is -0.349. The van der Waals surface area contributed by atoms with E-state index < -0.39 is 18.6 Å². The SMILES string of the molecule is Cc1cccc(OC(F)F)c1NC(=O)NC1CC(N(CC(=O)O)CC2CC2)C1. The molecule has 2 aliphatic carbocycles. The zero-order valence-electron chi connectivity index (χ0n) is 15.7. The van der Waals surface area contributed by atoms with Gasteiger partial charge in [-0.15, -0.1) is 0 Å². The summed E-state index contributed by atoms with van der Waals surface area (Å²) in [6, 6.07) is 4.19. The molecule has 3 N–H and O–H groups in total. The molecule has 2 saturated carbocycles. The van der Waals surface area contributed by atoms with Crippen molar-refractivity contribution in [3.8, 4) is 5.75 Å². The Balaban J connectivity index is 1.51. The number of carboxylic acid groups (broad SMARTS) is 1. The van der Waals surface area contributed by atoms with Gasteiger partial charge in [0.05, 0.1) is 12.2 Å². The molecule has 0 radical (unpaired) electrons. The van der Waals surface area contributed by atoms with Gasteiger partial charge < -0.3 is 20.5 Å². The zero-order valence-corrected chi connectivity index (χ0v) is 15.7. The van der Waals surface area contributed by atoms with Gasteiger partial charge in [0.25, 0.3) is 0 Å². The number of carbonyl (C=O) groups excluding carboxylic acids is 1. The first-order valence-corrected chi connectivity index (χ1v) is 9.39. The number of para-hydroxylation sites is 1. The van der Waals surface area contributed by atoms with E-state index in [9.17, 15) is 18.4 Å². The van der Waals surface area contributed by atoms with Crippen molar-refractivity contribution in [2.24, 2.45) is 5.92 Å². The van der Waals surface area contributed by atoms with Gasteiger partial charge in [-0.3, -0.25) is 9.69 Å². The highest BCUT2D eigenvalue weighted by atomic mass is 19.3. The van der Waals surface area contributed by atoms with Crippen molar-refractivity contribution in [3.63, 3.8) is 0 Å². The van der Waals surface area contributed by atoms with Crippen LogP contribution in [0.25, 0.3) is 0 Å². The van der Waals surface area contributed by atoms with Crippen LogP contribution in [0.2, 0.25) is 0 Å². The van der Waals surface area contributed by atoms with E-state index in [1.807, 2.05) is 4.90 Å². The number of hydrogen-bond donors (Lipinski definition) is 3. The van der Waals surface area contributed by atoms with Crippen LogP contribution in [-0.4, -0.2) is 53.8 Å². The number of alkyl halides is 2. The smallest absolute Gasteiger partial charge is 0.387 e. The molecule has 28 heavy (non-hydrogen) atoms. The Kier molecular flexibility index (Phi) is 6.33. The van der Waals surface area contributed by atoms with E-state index in [4.69, 9.17) is 5.11 Å². The Morgan fingerprint density at radius 3 is 2.64 bits per heavy atom. The fourth-order valence-electron chi connectivity index (χ4n) is 3.48. The number of aliphatic carboxylic acids is 1. The third kappa shape index (κ3) is 5.54. The molecule has 154 valence electrons. The third-order valence-electron chi connectivity index (χ3n) is 5.18. The van der Waals surface area contributed by atoms with E-state index in [0.29, 0.717) is 24.3 Å². The molecule has 9 heteroatoms. The molecule has 0 bridgehead atoms. The number of halogens is 2. The Morgan fingerprint density at radius 2 is 2.04 bits per heavy atom. The number of amides is 2. The maximum absolute atomic E-state index is 12.6. The average molecular weight is 397 g/mol. The van der Waals surface area contributed by atoms with E-state index in [-0.39, 0.29) is 30.1 Å². The first kappa shape index (κ1) is 20.3. The van der Waals surface area contributed by atoms with Crippen LogP contribution >= 0.6 is 0 Å². The molecule has 0 spiro atoms. The highest BCUT2D eigenvalue weighted by Crippen LogP contribution is 2.34. The first-order chi connectivity index (χ1) is 13.3. The molecule has 2 fully saturated rings. The van der Waals surface area contributed by atoms with Crippen molar-refractivity contribution >= 4 is 17.7 Å². The highest BCUT2D eigenvalue weighted by molar-refractivity contribution is 5.92. The van der Waals surface area contributed by atoms with Crippen molar-refractivity contribution in [2.75, 3.05) is 18.4 Å². The second-order valence-electron chi connectivity index (χ2n) is 7.51. The second kappa shape index (κ2) is 8.72. The Morgan fingerprint density at radius 1 is 1.32 bits per heavy atom. The lowest BCUT2D eigenvalue weighted by Crippen LogP contribution is -2.55. The molecule has 0 unspecified atom stereocenters. The van der Waals surface area contributed by atoms with Crippen LogP contribution in [-0.2, 0) is 4.79 Å². The number of carbonyl (C=O) groups is 2. The second-order valence-corrected chi connectivity index (χ2v) is 7.51. The zero-order chi connectivity index (χ0) is 20.3. The largest absolute Gasteiger partial charge is 0.480 e. The van der Waals surface area contributed by atoms with Gasteiger partial charge in [0, 0.05) is 18.6 Å². The van der Waals surface area contributed by atoms with E-state index in [2.05, 4.69) is 15.4 Å². The lowest BCUT2D eigenvalue weighted by molar-refractivity contribution is -0.139. The Bertz CT molecular complexity index is 721. The molecule has 0 heterocycles. The minimum atomic E-state index is -2.98. The predicted octanol–water partition coefficient (Wildman–Crippen LogP) is 3.05. The lowest BCUT2D eigenvalue weighted by atomic mass is 9.85. The first-order valence-electron chi connectivity index (χ1n) is 9.39. The van der Waals surface area contributed by atoms with Gasteiger partial charge in [-0.2, -0.15) is 8.78 Å². The maximum atomic E-state index is 12.6. The number of carboxylic acids is 1. The summed E-state index contributed by atoms with van der Waals surface area (Å²) >= 11 is 0. The molecule has 1 aromatic rings. The fourth-order valence-corrected chi connectivity index (χ4v) is 3.48. The maximum Gasteiger partial charge on any atom is 0.387 e. The fraction of sp³-hybridized carbons (Fsp3) is 0.579. The topological polar surface area (TPSA) is 90.9 Å². The van der Waals surface area contributed by atoms with Crippen molar-refractivity contribution in [3.05, 3.63) is 23.8 Å². The van der Waals surface area contributed by atoms with E-state index in [0.717, 1.165) is 19.4 Å². The highest BCUT2D eigenvalue weighted by Gasteiger charge is 2.37. The molecular formula is C19H25F2N3O4. The van der Waals surface area contributed by atoms with Crippen LogP contribution in [0, 0.1) is 12.8 Å². The summed E-state index contributed by atoms with van der Waals surface area (Å²) in [5.41, 5.74) is 0.814. The average Bonchev–Trinajstić information content (AvgIpc) is 3.36. The van der Waals surface area contributed by atoms with Gasteiger partial charge in [-0.1, -0.05) is 12.1 Å². The van der Waals surface area contributed by atoms with Crippen molar-refractivity contribution < 1.29 is 28.2 Å². The number of ether oxygens (including phenoxy) is 1. The standard InChI is InChI=1S/C19H25F2N3O4/c1-11-3-2-4-15(28-18(20)21)17(11)23-19(27)22-13-7-14(8-13)24(10-16(25)26)9-12-5-6-12/h2-4,12-14,18H,5-10H2,1H3,(H,25,26)(H2,22,23,27). The number of nitrogens with zero attached hydrogens (tertiary/aromatic N) is 1. The van der Waals surface area contributed by atoms with Crippen LogP contribution in [0.15, 0.2) is 18.2 Å². The normalized spacial score (nSPS) is 21.3. The van der Waals surface area contributed by atoms with Crippen LogP contribution in [0.4, 0.5) is 19.3 Å². The van der Waals surface area contributed by atoms with Crippen LogP contribution in [0.5, 0.6) is 5.75 Å². The van der Waals surface area contributed by atoms with Gasteiger partial charge >= 0.3 is 18.6 Å². The van der Waals surface area contributed by atoms with Gasteiger partial charge in [0.15, 0.2) is 0 Å². The number of rotatable bonds is 9. The van der Waals surface area contributed by atoms with Gasteiger partial charge in [0.1, 0.15) is 5.75 Å². The molecule has 2 aliphatic rings. The van der Waals surface area contributed by atoms with Crippen LogP contribution in [0.1, 0.15) is 31.2 Å². The van der Waals surface area contributed by atoms with Crippen molar-refractivity contribution in [1.82, 2.24) is 10.2 Å². The third-order valence-corrected chi connectivity index (χ3v) is 5.18. The number of aryl methyl sites for hydroxylation is 1. The number of hydrogen-bond acceptors (Lipinski definition) is 4. The van der Waals surface area contributed by atoms with Crippen LogP contribution in [0.3, 0.4) is 0 Å². The number of benzene rings is 1. The van der Waals surface area contributed by atoms with Crippen molar-refractivity contribution in [2.45, 2.75) is 51.3 Å². The van der Waals surface area contributed by atoms with Gasteiger partial charge in [-0.25, -0.2) is 4.79 Å². The summed E-state index contributed by atoms with van der Waals surface area (Å²) < 4.78 is 29.6. The number of nitrogens with one attached hydrogen (secondary N) is 2. The summed E-state index contributed by atoms with van der Waals surface area (Å²) in [7, 11) is 0. The Labute approximate surface area is 162 Å². The van der Waals surface area contributed by atoms with Gasteiger partial charge in [0.2, 0.25) is 0 Å². The van der Waals surface area contributed by atoms with E-state index in [1.54, 1.807) is 19.1 Å². The molecule has 0 saturated heterocycles. The van der Waals surface area contributed by atoms with E-state index >= 15 is 0 Å². The van der Waals surface area contributed by atoms with Crippen LogP contribution < -0.4 is 15.4 Å². The molecule has 7 nitrogen and oxygen atoms in total. The summed E-state index contributed by atoms with van der Waals surface area (Å²) in [6.07, 6.45) is 3.63. The van der Waals surface area contributed by atoms with Gasteiger partial charge in [-0.05, 0) is 50.2 Å². The molecule has 0 aromatic heterocycles. The predicted molar refractivity (Wildman–Crippen MR) is 98.7 cm³/mol. The van der Waals surface area contributed by atoms with Crippen molar-refractivity contribution in [1.29, 1.82) is 0 Å². The summed E-state index contributed by atoms with van der Waals surface area (Å²) in [4.78, 5) is 25.3. The summed E-state index contributed by atoms with van der Waals surface area (Å²) in [6.45, 7) is -0.496. The quantitative estimate of drug-likeness (QED) is 0.596. The molecule has 3 rings (SSSR count). The molecular weight excluding hydrogens is 372 g/mol. The molecule has 0 atom stereocenters.